The third-order valence-electron chi connectivity index (χ3n) is 1.76. The number of nitrogens with zero attached hydrogens (tertiary/aromatic N) is 2. The van der Waals surface area contributed by atoms with Crippen molar-refractivity contribution in [3.63, 3.8) is 0 Å². The molecule has 1 rings (SSSR count). The molecule has 0 spiro atoms. The molecule has 1 N–H and O–H groups in total. The van der Waals surface area contributed by atoms with Crippen LogP contribution in [0.3, 0.4) is 0 Å². The molecular weight excluding hydrogens is 162 g/mol. The van der Waals surface area contributed by atoms with Gasteiger partial charge in [-0.15, -0.1) is 0 Å². The monoisotopic (exact) mass is 177 g/mol. The molecule has 70 valence electrons. The number of imidazole rings is 1. The van der Waals surface area contributed by atoms with Crippen LogP contribution in [0.1, 0.15) is 12.7 Å². The number of hydrogen-bond donors (Lipinski definition) is 1. The van der Waals surface area contributed by atoms with Crippen LogP contribution in [-0.4, -0.2) is 22.6 Å². The summed E-state index contributed by atoms with van der Waals surface area (Å²) in [5, 5.41) is 3.14. The third kappa shape index (κ3) is 3.30. The summed E-state index contributed by atoms with van der Waals surface area (Å²) in [7, 11) is 1.98. The molecule has 0 amide bonds. The van der Waals surface area contributed by atoms with Gasteiger partial charge in [0, 0.05) is 19.4 Å². The van der Waals surface area contributed by atoms with E-state index in [0.717, 1.165) is 25.3 Å². The first kappa shape index (κ1) is 9.82. The Morgan fingerprint density at radius 3 is 3.00 bits per heavy atom. The van der Waals surface area contributed by atoms with Crippen LogP contribution >= 0.6 is 0 Å². The molecule has 0 aromatic carbocycles. The first-order chi connectivity index (χ1) is 6.34. The van der Waals surface area contributed by atoms with Gasteiger partial charge in [0.05, 0.1) is 13.0 Å². The van der Waals surface area contributed by atoms with Gasteiger partial charge in [-0.1, -0.05) is 18.8 Å². The molecule has 0 saturated heterocycles. The molecule has 3 heteroatoms. The molecule has 13 heavy (non-hydrogen) atoms. The number of nitrogens with one attached hydrogen (secondary N) is 1. The highest BCUT2D eigenvalue weighted by molar-refractivity contribution is 5.08. The average Bonchev–Trinajstić information content (AvgIpc) is 2.52. The largest absolute Gasteiger partial charge is 0.337 e. The van der Waals surface area contributed by atoms with Crippen molar-refractivity contribution in [2.75, 3.05) is 13.1 Å². The van der Waals surface area contributed by atoms with E-state index in [1.54, 1.807) is 6.20 Å². The van der Waals surface area contributed by atoms with E-state index in [1.165, 1.54) is 0 Å². The molecule has 0 radical (unpaired) electrons. The lowest BCUT2D eigenvalue weighted by atomic mass is 10.4. The second-order valence-corrected chi connectivity index (χ2v) is 2.77. The van der Waals surface area contributed by atoms with Gasteiger partial charge in [-0.3, -0.25) is 0 Å². The number of hydrogen-bond acceptors (Lipinski definition) is 2. The molecule has 3 nitrogen and oxygen atoms in total. The van der Waals surface area contributed by atoms with E-state index in [4.69, 9.17) is 0 Å². The highest BCUT2D eigenvalue weighted by Crippen LogP contribution is 1.93. The maximum atomic E-state index is 4.17. The van der Waals surface area contributed by atoms with Crippen LogP contribution in [-0.2, 0) is 13.5 Å². The molecule has 0 atom stereocenters. The Balaban J connectivity index is 2.33. The fourth-order valence-electron chi connectivity index (χ4n) is 0.958. The predicted octanol–water partition coefficient (Wildman–Crippen LogP) is 0.575. The zero-order chi connectivity index (χ0) is 9.52. The van der Waals surface area contributed by atoms with Gasteiger partial charge in [-0.25, -0.2) is 4.98 Å². The predicted molar refractivity (Wildman–Crippen MR) is 53.2 cm³/mol. The van der Waals surface area contributed by atoms with Crippen LogP contribution in [0.5, 0.6) is 0 Å². The molecular formula is C10H15N3. The van der Waals surface area contributed by atoms with Crippen molar-refractivity contribution in [2.45, 2.75) is 13.3 Å². The maximum absolute atomic E-state index is 4.17. The Morgan fingerprint density at radius 1 is 1.54 bits per heavy atom. The van der Waals surface area contributed by atoms with Crippen LogP contribution in [0.25, 0.3) is 0 Å². The normalized spacial score (nSPS) is 9.38. The topological polar surface area (TPSA) is 29.9 Å². The fourth-order valence-corrected chi connectivity index (χ4v) is 0.958. The summed E-state index contributed by atoms with van der Waals surface area (Å²) in [6.07, 6.45) is 4.46. The van der Waals surface area contributed by atoms with Crippen molar-refractivity contribution in [2.24, 2.45) is 7.05 Å². The van der Waals surface area contributed by atoms with Crippen LogP contribution in [0.15, 0.2) is 12.4 Å². The Hall–Kier alpha value is -1.27. The van der Waals surface area contributed by atoms with Gasteiger partial charge >= 0.3 is 0 Å². The minimum Gasteiger partial charge on any atom is -0.337 e. The Labute approximate surface area is 79.2 Å². The van der Waals surface area contributed by atoms with Gasteiger partial charge < -0.3 is 9.88 Å². The Morgan fingerprint density at radius 2 is 2.38 bits per heavy atom. The molecule has 0 fully saturated rings. The molecule has 0 bridgehead atoms. The number of rotatable bonds is 3. The first-order valence-electron chi connectivity index (χ1n) is 4.47. The van der Waals surface area contributed by atoms with E-state index < -0.39 is 0 Å². The Kier molecular flexibility index (Phi) is 4.07. The molecule has 0 aliphatic carbocycles. The van der Waals surface area contributed by atoms with Crippen LogP contribution in [0.4, 0.5) is 0 Å². The molecule has 1 heterocycles. The minimum absolute atomic E-state index is 0.731. The van der Waals surface area contributed by atoms with Gasteiger partial charge in [0.2, 0.25) is 0 Å². The molecule has 1 aromatic rings. The zero-order valence-corrected chi connectivity index (χ0v) is 8.17. The van der Waals surface area contributed by atoms with Crippen LogP contribution < -0.4 is 5.32 Å². The molecule has 0 unspecified atom stereocenters. The maximum Gasteiger partial charge on any atom is 0.120 e. The van der Waals surface area contributed by atoms with E-state index in [9.17, 15) is 0 Å². The highest BCUT2D eigenvalue weighted by atomic mass is 15.0. The molecule has 0 aliphatic rings. The molecule has 1 aromatic heterocycles. The molecule has 0 saturated carbocycles. The van der Waals surface area contributed by atoms with Crippen molar-refractivity contribution in [3.8, 4) is 11.8 Å². The second kappa shape index (κ2) is 5.39. The van der Waals surface area contributed by atoms with E-state index >= 15 is 0 Å². The second-order valence-electron chi connectivity index (χ2n) is 2.77. The summed E-state index contributed by atoms with van der Waals surface area (Å²) in [5.41, 5.74) is 0. The zero-order valence-electron chi connectivity index (χ0n) is 8.17. The van der Waals surface area contributed by atoms with Gasteiger partial charge in [-0.05, 0) is 6.54 Å². The van der Waals surface area contributed by atoms with Crippen LogP contribution in [0, 0.1) is 11.8 Å². The van der Waals surface area contributed by atoms with Gasteiger partial charge in [0.25, 0.3) is 0 Å². The summed E-state index contributed by atoms with van der Waals surface area (Å²) in [4.78, 5) is 4.17. The summed E-state index contributed by atoms with van der Waals surface area (Å²) >= 11 is 0. The third-order valence-corrected chi connectivity index (χ3v) is 1.76. The average molecular weight is 177 g/mol. The lowest BCUT2D eigenvalue weighted by Crippen LogP contribution is -2.12. The van der Waals surface area contributed by atoms with Crippen molar-refractivity contribution in [1.82, 2.24) is 14.9 Å². The summed E-state index contributed by atoms with van der Waals surface area (Å²) in [5.74, 6) is 7.12. The molecule has 0 aliphatic heterocycles. The van der Waals surface area contributed by atoms with Crippen molar-refractivity contribution < 1.29 is 0 Å². The lowest BCUT2D eigenvalue weighted by molar-refractivity contribution is 0.808. The number of aryl methyl sites for hydroxylation is 1. The lowest BCUT2D eigenvalue weighted by Gasteiger charge is -1.94. The summed E-state index contributed by atoms with van der Waals surface area (Å²) < 4.78 is 1.99. The first-order valence-corrected chi connectivity index (χ1v) is 4.47. The quantitative estimate of drug-likeness (QED) is 0.540. The van der Waals surface area contributed by atoms with E-state index in [1.807, 2.05) is 17.8 Å². The van der Waals surface area contributed by atoms with Crippen molar-refractivity contribution in [3.05, 3.63) is 18.2 Å². The van der Waals surface area contributed by atoms with Gasteiger partial charge in [0.1, 0.15) is 5.82 Å². The van der Waals surface area contributed by atoms with Gasteiger partial charge in [0.15, 0.2) is 0 Å². The number of aromatic nitrogens is 2. The van der Waals surface area contributed by atoms with E-state index in [2.05, 4.69) is 29.1 Å². The summed E-state index contributed by atoms with van der Waals surface area (Å²) in [6, 6.07) is 0. The van der Waals surface area contributed by atoms with Crippen molar-refractivity contribution >= 4 is 0 Å². The van der Waals surface area contributed by atoms with Crippen LogP contribution in [0.2, 0.25) is 0 Å². The van der Waals surface area contributed by atoms with Crippen molar-refractivity contribution in [1.29, 1.82) is 0 Å². The van der Waals surface area contributed by atoms with E-state index in [-0.39, 0.29) is 0 Å². The summed E-state index contributed by atoms with van der Waals surface area (Å²) in [6.45, 7) is 3.80. The Bertz CT molecular complexity index is 303. The van der Waals surface area contributed by atoms with Gasteiger partial charge in [-0.2, -0.15) is 0 Å². The standard InChI is InChI=1S/C10H15N3/c1-3-11-7-5-4-6-10-12-8-9-13(10)2/h8-9,11H,3,6-7H2,1-2H3. The highest BCUT2D eigenvalue weighted by Gasteiger charge is 1.93. The van der Waals surface area contributed by atoms with E-state index in [0.29, 0.717) is 0 Å². The SMILES string of the molecule is CCNCC#CCc1nccn1C. The minimum atomic E-state index is 0.731. The fraction of sp³-hybridized carbons (Fsp3) is 0.500. The smallest absolute Gasteiger partial charge is 0.120 e.